The molecule has 0 saturated carbocycles. The molecule has 0 N–H and O–H groups in total. The SMILES string of the molecule is CS(=O)(=NC(=O)c1cn2ccc(-c3noc(C(F)(F)Cl)n3)cc2n1)c1cnccn1. The van der Waals surface area contributed by atoms with Crippen LogP contribution in [0.4, 0.5) is 8.78 Å². The monoisotopic (exact) mass is 453 g/mol. The van der Waals surface area contributed by atoms with E-state index in [9.17, 15) is 17.8 Å². The largest absolute Gasteiger partial charge is 0.400 e. The Balaban J connectivity index is 1.67. The number of hydrogen-bond acceptors (Lipinski definition) is 8. The maximum Gasteiger partial charge on any atom is 0.400 e. The summed E-state index contributed by atoms with van der Waals surface area (Å²) in [5.74, 6) is -1.99. The highest BCUT2D eigenvalue weighted by molar-refractivity contribution is 7.93. The Bertz CT molecular complexity index is 1370. The van der Waals surface area contributed by atoms with Crippen LogP contribution < -0.4 is 0 Å². The number of carbonyl (C=O) groups is 1. The molecule has 4 aromatic rings. The predicted octanol–water partition coefficient (Wildman–Crippen LogP) is 2.76. The molecular weight excluding hydrogens is 444 g/mol. The van der Waals surface area contributed by atoms with Gasteiger partial charge in [-0.2, -0.15) is 18.1 Å². The molecule has 10 nitrogen and oxygen atoms in total. The van der Waals surface area contributed by atoms with Crippen molar-refractivity contribution in [1.82, 2.24) is 29.5 Å². The van der Waals surface area contributed by atoms with Gasteiger partial charge in [0.25, 0.3) is 0 Å². The van der Waals surface area contributed by atoms with Crippen LogP contribution in [0.2, 0.25) is 0 Å². The highest BCUT2D eigenvalue weighted by Crippen LogP contribution is 2.32. The van der Waals surface area contributed by atoms with Crippen molar-refractivity contribution in [3.05, 3.63) is 54.7 Å². The number of imidazole rings is 1. The van der Waals surface area contributed by atoms with Crippen LogP contribution in [0.25, 0.3) is 17.0 Å². The van der Waals surface area contributed by atoms with Gasteiger partial charge in [-0.1, -0.05) is 5.16 Å². The molecule has 0 fully saturated rings. The quantitative estimate of drug-likeness (QED) is 0.431. The molecule has 4 rings (SSSR count). The number of alkyl halides is 3. The minimum atomic E-state index is -3.79. The van der Waals surface area contributed by atoms with E-state index >= 15 is 0 Å². The number of amides is 1. The van der Waals surface area contributed by atoms with Gasteiger partial charge in [0.2, 0.25) is 5.82 Å². The highest BCUT2D eigenvalue weighted by atomic mass is 35.5. The summed E-state index contributed by atoms with van der Waals surface area (Å²) < 4.78 is 48.5. The van der Waals surface area contributed by atoms with Crippen LogP contribution in [-0.4, -0.2) is 45.9 Å². The van der Waals surface area contributed by atoms with Gasteiger partial charge < -0.3 is 8.92 Å². The molecule has 154 valence electrons. The summed E-state index contributed by atoms with van der Waals surface area (Å²) in [6.07, 6.45) is 8.17. The van der Waals surface area contributed by atoms with Gasteiger partial charge in [0.15, 0.2) is 5.03 Å². The second-order valence-electron chi connectivity index (χ2n) is 5.97. The molecule has 0 bridgehead atoms. The first-order chi connectivity index (χ1) is 14.1. The topological polar surface area (TPSA) is 128 Å². The number of rotatable bonds is 4. The number of fused-ring (bicyclic) bond motifs is 1. The van der Waals surface area contributed by atoms with Crippen molar-refractivity contribution in [2.24, 2.45) is 4.36 Å². The molecule has 0 aromatic carbocycles. The third-order valence-electron chi connectivity index (χ3n) is 3.79. The lowest BCUT2D eigenvalue weighted by Gasteiger charge is -2.00. The first-order valence-corrected chi connectivity index (χ1v) is 10.4. The summed E-state index contributed by atoms with van der Waals surface area (Å²) in [5, 5.41) is -0.268. The summed E-state index contributed by atoms with van der Waals surface area (Å²) in [5.41, 5.74) is 0.502. The van der Waals surface area contributed by atoms with Gasteiger partial charge in [0.05, 0.1) is 15.9 Å². The van der Waals surface area contributed by atoms with E-state index in [2.05, 4.69) is 34.0 Å². The maximum absolute atomic E-state index is 13.1. The zero-order valence-electron chi connectivity index (χ0n) is 14.9. The third kappa shape index (κ3) is 3.89. The summed E-state index contributed by atoms with van der Waals surface area (Å²) >= 11 is 4.86. The molecule has 4 aromatic heterocycles. The Kier molecular flexibility index (Phi) is 4.78. The predicted molar refractivity (Wildman–Crippen MR) is 99.4 cm³/mol. The Morgan fingerprint density at radius 1 is 1.33 bits per heavy atom. The Hall–Kier alpha value is -3.32. The standard InChI is InChI=1S/C16H10ClF2N7O3S/c1-30(28,12-7-20-3-4-21-12)25-14(27)10-8-26-5-2-9(6-11(26)22-10)13-23-15(29-24-13)16(17,18)19/h2-8H,1H3. The Morgan fingerprint density at radius 2 is 2.13 bits per heavy atom. The maximum atomic E-state index is 13.1. The van der Waals surface area contributed by atoms with E-state index in [4.69, 9.17) is 11.6 Å². The number of pyridine rings is 1. The molecule has 1 amide bonds. The van der Waals surface area contributed by atoms with Crippen molar-refractivity contribution in [3.63, 3.8) is 0 Å². The number of halogens is 3. The summed E-state index contributed by atoms with van der Waals surface area (Å²) in [6, 6.07) is 2.95. The van der Waals surface area contributed by atoms with Crippen molar-refractivity contribution in [2.45, 2.75) is 10.4 Å². The lowest BCUT2D eigenvalue weighted by atomic mass is 10.2. The van der Waals surface area contributed by atoms with Crippen LogP contribution in [0.1, 0.15) is 16.4 Å². The molecule has 4 heterocycles. The summed E-state index contributed by atoms with van der Waals surface area (Å²) in [4.78, 5) is 27.9. The van der Waals surface area contributed by atoms with E-state index in [1.54, 1.807) is 0 Å². The van der Waals surface area contributed by atoms with Gasteiger partial charge in [0, 0.05) is 36.6 Å². The summed E-state index contributed by atoms with van der Waals surface area (Å²) in [6.45, 7) is 0. The first kappa shape index (κ1) is 20.0. The third-order valence-corrected chi connectivity index (χ3v) is 5.45. The van der Waals surface area contributed by atoms with E-state index in [-0.39, 0.29) is 22.2 Å². The fourth-order valence-corrected chi connectivity index (χ4v) is 3.51. The summed E-state index contributed by atoms with van der Waals surface area (Å²) in [7, 11) is -3.12. The second kappa shape index (κ2) is 7.18. The fraction of sp³-hybridized carbons (Fsp3) is 0.125. The van der Waals surface area contributed by atoms with Crippen LogP contribution in [0.5, 0.6) is 0 Å². The van der Waals surface area contributed by atoms with E-state index in [0.29, 0.717) is 5.56 Å². The van der Waals surface area contributed by atoms with Crippen molar-refractivity contribution in [2.75, 3.05) is 6.26 Å². The van der Waals surface area contributed by atoms with Crippen LogP contribution >= 0.6 is 11.6 Å². The van der Waals surface area contributed by atoms with E-state index in [0.717, 1.165) is 0 Å². The Labute approximate surface area is 172 Å². The molecule has 1 unspecified atom stereocenters. The number of hydrogen-bond donors (Lipinski definition) is 0. The normalized spacial score (nSPS) is 13.9. The average Bonchev–Trinajstić information content (AvgIpc) is 3.35. The first-order valence-electron chi connectivity index (χ1n) is 8.06. The highest BCUT2D eigenvalue weighted by Gasteiger charge is 2.35. The van der Waals surface area contributed by atoms with Crippen molar-refractivity contribution < 1.29 is 22.3 Å². The van der Waals surface area contributed by atoms with Crippen LogP contribution in [0, 0.1) is 0 Å². The molecule has 0 aliphatic heterocycles. The van der Waals surface area contributed by atoms with E-state index in [1.165, 1.54) is 53.8 Å². The minimum Gasteiger partial charge on any atom is -0.331 e. The van der Waals surface area contributed by atoms with E-state index in [1.807, 2.05) is 0 Å². The zero-order chi connectivity index (χ0) is 21.5. The van der Waals surface area contributed by atoms with Gasteiger partial charge in [-0.05, 0) is 23.7 Å². The number of nitrogens with zero attached hydrogens (tertiary/aromatic N) is 7. The number of aromatic nitrogens is 6. The van der Waals surface area contributed by atoms with Crippen molar-refractivity contribution >= 4 is 32.9 Å². The fourth-order valence-electron chi connectivity index (χ4n) is 2.41. The molecule has 0 aliphatic rings. The minimum absolute atomic E-state index is 0.0633. The van der Waals surface area contributed by atoms with Gasteiger partial charge in [-0.15, -0.1) is 0 Å². The smallest absolute Gasteiger partial charge is 0.331 e. The lowest BCUT2D eigenvalue weighted by Crippen LogP contribution is -2.06. The van der Waals surface area contributed by atoms with E-state index < -0.39 is 26.9 Å². The molecule has 30 heavy (non-hydrogen) atoms. The van der Waals surface area contributed by atoms with Gasteiger partial charge in [0.1, 0.15) is 11.3 Å². The average molecular weight is 454 g/mol. The zero-order valence-corrected chi connectivity index (χ0v) is 16.5. The number of carbonyl (C=O) groups excluding carboxylic acids is 1. The van der Waals surface area contributed by atoms with Crippen LogP contribution in [0.15, 0.2) is 57.0 Å². The molecule has 1 atom stereocenters. The van der Waals surface area contributed by atoms with Crippen molar-refractivity contribution in [1.29, 1.82) is 0 Å². The molecule has 0 aliphatic carbocycles. The van der Waals surface area contributed by atoms with Gasteiger partial charge in [-0.3, -0.25) is 9.78 Å². The molecule has 0 radical (unpaired) electrons. The lowest BCUT2D eigenvalue weighted by molar-refractivity contribution is 0.0551. The molecule has 0 saturated heterocycles. The van der Waals surface area contributed by atoms with Gasteiger partial charge >= 0.3 is 17.2 Å². The van der Waals surface area contributed by atoms with Crippen LogP contribution in [-0.2, 0) is 15.1 Å². The van der Waals surface area contributed by atoms with Crippen molar-refractivity contribution in [3.8, 4) is 11.4 Å². The molecular formula is C16H10ClF2N7O3S. The van der Waals surface area contributed by atoms with Crippen LogP contribution in [0.3, 0.4) is 0 Å². The Morgan fingerprint density at radius 3 is 2.80 bits per heavy atom. The van der Waals surface area contributed by atoms with Gasteiger partial charge in [-0.25, -0.2) is 14.2 Å². The molecule has 0 spiro atoms. The second-order valence-corrected chi connectivity index (χ2v) is 8.65. The molecule has 14 heteroatoms.